The summed E-state index contributed by atoms with van der Waals surface area (Å²) < 4.78 is 10.6. The molecule has 5 nitrogen and oxygen atoms in total. The Balaban J connectivity index is 1.89. The minimum atomic E-state index is 0.668. The molecule has 0 unspecified atom stereocenters. The minimum absolute atomic E-state index is 0.668. The van der Waals surface area contributed by atoms with Crippen molar-refractivity contribution in [1.29, 1.82) is 0 Å². The maximum absolute atomic E-state index is 6.14. The predicted octanol–water partition coefficient (Wildman–Crippen LogP) is 3.28. The maximum atomic E-state index is 6.14. The summed E-state index contributed by atoms with van der Waals surface area (Å²) in [6, 6.07) is 7.64. The number of nitrogens with one attached hydrogen (secondary N) is 1. The van der Waals surface area contributed by atoms with Gasteiger partial charge in [0.15, 0.2) is 0 Å². The maximum Gasteiger partial charge on any atom is 0.128 e. The zero-order valence-corrected chi connectivity index (χ0v) is 14.8. The van der Waals surface area contributed by atoms with E-state index in [-0.39, 0.29) is 0 Å². The smallest absolute Gasteiger partial charge is 0.128 e. The van der Waals surface area contributed by atoms with Crippen molar-refractivity contribution >= 4 is 17.3 Å². The van der Waals surface area contributed by atoms with E-state index >= 15 is 0 Å². The molecule has 0 saturated carbocycles. The van der Waals surface area contributed by atoms with Crippen LogP contribution in [0, 0.1) is 0 Å². The zero-order valence-electron chi connectivity index (χ0n) is 14.0. The van der Waals surface area contributed by atoms with Crippen LogP contribution in [0.3, 0.4) is 0 Å². The highest BCUT2D eigenvalue weighted by Gasteiger charge is 2.16. The van der Waals surface area contributed by atoms with Gasteiger partial charge in [0, 0.05) is 61.3 Å². The summed E-state index contributed by atoms with van der Waals surface area (Å²) in [7, 11) is 3.39. The quantitative estimate of drug-likeness (QED) is 0.899. The Hall–Kier alpha value is -1.82. The Bertz CT molecular complexity index is 709. The number of pyridine rings is 1. The van der Waals surface area contributed by atoms with Gasteiger partial charge in [-0.15, -0.1) is 0 Å². The first-order valence-electron chi connectivity index (χ1n) is 7.99. The molecule has 128 valence electrons. The van der Waals surface area contributed by atoms with Crippen LogP contribution >= 0.6 is 11.6 Å². The molecule has 0 bridgehead atoms. The molecule has 24 heavy (non-hydrogen) atoms. The summed E-state index contributed by atoms with van der Waals surface area (Å²) in [6.07, 6.45) is 1.93. The van der Waals surface area contributed by atoms with E-state index < -0.39 is 0 Å². The number of ether oxygens (including phenoxy) is 2. The van der Waals surface area contributed by atoms with Gasteiger partial charge >= 0.3 is 0 Å². The molecule has 1 aliphatic rings. The van der Waals surface area contributed by atoms with Crippen LogP contribution in [0.1, 0.15) is 5.56 Å². The van der Waals surface area contributed by atoms with Crippen molar-refractivity contribution in [3.8, 4) is 17.0 Å². The zero-order chi connectivity index (χ0) is 16.9. The van der Waals surface area contributed by atoms with E-state index in [0.717, 1.165) is 55.5 Å². The Kier molecular flexibility index (Phi) is 5.56. The highest BCUT2D eigenvalue weighted by Crippen LogP contribution is 2.33. The molecule has 1 aromatic carbocycles. The third-order valence-corrected chi connectivity index (χ3v) is 4.41. The van der Waals surface area contributed by atoms with Crippen LogP contribution < -0.4 is 10.1 Å². The normalized spacial score (nSPS) is 14.6. The highest BCUT2D eigenvalue weighted by molar-refractivity contribution is 6.31. The first kappa shape index (κ1) is 17.0. The number of nitrogens with zero attached hydrogens (tertiary/aromatic N) is 2. The van der Waals surface area contributed by atoms with E-state index in [2.05, 4.69) is 21.3 Å². The second-order valence-corrected chi connectivity index (χ2v) is 6.20. The van der Waals surface area contributed by atoms with Gasteiger partial charge < -0.3 is 14.8 Å². The summed E-state index contributed by atoms with van der Waals surface area (Å²) in [5, 5.41) is 4.17. The molecule has 0 fully saturated rings. The largest absolute Gasteiger partial charge is 0.496 e. The van der Waals surface area contributed by atoms with E-state index in [1.54, 1.807) is 14.2 Å². The van der Waals surface area contributed by atoms with Crippen LogP contribution in [-0.4, -0.2) is 50.3 Å². The van der Waals surface area contributed by atoms with Crippen molar-refractivity contribution in [1.82, 2.24) is 9.88 Å². The SMILES string of the molecule is COCCN1CCNc2cc(-c3cc(Cl)ccc3OC)ncc2C1. The third-order valence-electron chi connectivity index (χ3n) is 4.17. The summed E-state index contributed by atoms with van der Waals surface area (Å²) in [6.45, 7) is 4.40. The summed E-state index contributed by atoms with van der Waals surface area (Å²) >= 11 is 6.14. The van der Waals surface area contributed by atoms with Crippen LogP contribution in [0.5, 0.6) is 5.75 Å². The van der Waals surface area contributed by atoms with Gasteiger partial charge in [-0.25, -0.2) is 0 Å². The topological polar surface area (TPSA) is 46.6 Å². The molecule has 0 atom stereocenters. The van der Waals surface area contributed by atoms with Gasteiger partial charge in [-0.2, -0.15) is 0 Å². The van der Waals surface area contributed by atoms with Crippen molar-refractivity contribution in [2.45, 2.75) is 6.54 Å². The monoisotopic (exact) mass is 347 g/mol. The molecule has 0 spiro atoms. The van der Waals surface area contributed by atoms with E-state index in [1.807, 2.05) is 24.4 Å². The van der Waals surface area contributed by atoms with Crippen molar-refractivity contribution in [2.24, 2.45) is 0 Å². The third kappa shape index (κ3) is 3.80. The highest BCUT2D eigenvalue weighted by atomic mass is 35.5. The fraction of sp³-hybridized carbons (Fsp3) is 0.389. The molecule has 2 aromatic rings. The minimum Gasteiger partial charge on any atom is -0.496 e. The van der Waals surface area contributed by atoms with E-state index in [1.165, 1.54) is 5.56 Å². The van der Waals surface area contributed by atoms with Crippen molar-refractivity contribution in [3.63, 3.8) is 0 Å². The summed E-state index contributed by atoms with van der Waals surface area (Å²) in [5.41, 5.74) is 4.05. The Morgan fingerprint density at radius 2 is 2.17 bits per heavy atom. The van der Waals surface area contributed by atoms with Gasteiger partial charge in [0.05, 0.1) is 19.4 Å². The molecular formula is C18H22ClN3O2. The Morgan fingerprint density at radius 3 is 2.96 bits per heavy atom. The molecule has 3 rings (SSSR count). The number of rotatable bonds is 5. The lowest BCUT2D eigenvalue weighted by atomic mass is 10.1. The molecule has 2 heterocycles. The molecular weight excluding hydrogens is 326 g/mol. The van der Waals surface area contributed by atoms with E-state index in [4.69, 9.17) is 21.1 Å². The van der Waals surface area contributed by atoms with Gasteiger partial charge in [0.25, 0.3) is 0 Å². The van der Waals surface area contributed by atoms with Crippen molar-refractivity contribution in [3.05, 3.63) is 41.0 Å². The lowest BCUT2D eigenvalue weighted by Crippen LogP contribution is -2.29. The Morgan fingerprint density at radius 1 is 1.29 bits per heavy atom. The van der Waals surface area contributed by atoms with E-state index in [0.29, 0.717) is 5.02 Å². The van der Waals surface area contributed by atoms with Crippen LogP contribution in [0.25, 0.3) is 11.3 Å². The van der Waals surface area contributed by atoms with Gasteiger partial charge in [-0.1, -0.05) is 11.6 Å². The van der Waals surface area contributed by atoms with Crippen LogP contribution in [0.4, 0.5) is 5.69 Å². The number of halogens is 1. The first-order valence-corrected chi connectivity index (χ1v) is 8.37. The summed E-state index contributed by atoms with van der Waals surface area (Å²) in [5.74, 6) is 0.766. The number of fused-ring (bicyclic) bond motifs is 1. The first-order chi connectivity index (χ1) is 11.7. The lowest BCUT2D eigenvalue weighted by Gasteiger charge is -2.19. The number of methoxy groups -OCH3 is 2. The van der Waals surface area contributed by atoms with Gasteiger partial charge in [0.2, 0.25) is 0 Å². The number of hydrogen-bond acceptors (Lipinski definition) is 5. The predicted molar refractivity (Wildman–Crippen MR) is 96.9 cm³/mol. The molecule has 1 aliphatic heterocycles. The number of aromatic nitrogens is 1. The van der Waals surface area contributed by atoms with Crippen LogP contribution in [0.15, 0.2) is 30.5 Å². The van der Waals surface area contributed by atoms with Gasteiger partial charge in [-0.3, -0.25) is 9.88 Å². The standard InChI is InChI=1S/C18H22ClN3O2/c1-23-8-7-22-6-5-20-16-10-17(21-11-13(16)12-22)15-9-14(19)3-4-18(15)24-2/h3-4,9-11,20H,5-8,12H2,1-2H3. The van der Waals surface area contributed by atoms with Crippen molar-refractivity contribution in [2.75, 3.05) is 45.8 Å². The average Bonchev–Trinajstić information content (AvgIpc) is 2.81. The fourth-order valence-corrected chi connectivity index (χ4v) is 3.05. The van der Waals surface area contributed by atoms with Gasteiger partial charge in [0.1, 0.15) is 5.75 Å². The molecule has 1 aromatic heterocycles. The second kappa shape index (κ2) is 7.83. The molecule has 1 N–H and O–H groups in total. The molecule has 0 aliphatic carbocycles. The molecule has 6 heteroatoms. The fourth-order valence-electron chi connectivity index (χ4n) is 2.88. The number of anilines is 1. The molecule has 0 radical (unpaired) electrons. The summed E-state index contributed by atoms with van der Waals surface area (Å²) in [4.78, 5) is 7.00. The van der Waals surface area contributed by atoms with Crippen LogP contribution in [-0.2, 0) is 11.3 Å². The lowest BCUT2D eigenvalue weighted by molar-refractivity contribution is 0.147. The second-order valence-electron chi connectivity index (χ2n) is 5.77. The van der Waals surface area contributed by atoms with Crippen LogP contribution in [0.2, 0.25) is 5.02 Å². The number of benzene rings is 1. The molecule has 0 amide bonds. The number of hydrogen-bond donors (Lipinski definition) is 1. The molecule has 0 saturated heterocycles. The van der Waals surface area contributed by atoms with E-state index in [9.17, 15) is 0 Å². The van der Waals surface area contributed by atoms with Gasteiger partial charge in [-0.05, 0) is 24.3 Å². The average molecular weight is 348 g/mol. The van der Waals surface area contributed by atoms with Crippen molar-refractivity contribution < 1.29 is 9.47 Å². The Labute approximate surface area is 147 Å².